The minimum absolute atomic E-state index is 0.0137. The number of aliphatic carboxylic acids is 1. The highest BCUT2D eigenvalue weighted by Crippen LogP contribution is 2.45. The predicted molar refractivity (Wildman–Crippen MR) is 87.1 cm³/mol. The summed E-state index contributed by atoms with van der Waals surface area (Å²) in [7, 11) is 0. The molecule has 1 aromatic rings. The summed E-state index contributed by atoms with van der Waals surface area (Å²) in [6.45, 7) is 0.799. The summed E-state index contributed by atoms with van der Waals surface area (Å²) in [5.41, 5.74) is -0.0110. The van der Waals surface area contributed by atoms with E-state index in [1.54, 1.807) is 4.90 Å². The quantitative estimate of drug-likeness (QED) is 0.880. The van der Waals surface area contributed by atoms with Gasteiger partial charge < -0.3 is 15.3 Å². The molecule has 1 aliphatic heterocycles. The summed E-state index contributed by atoms with van der Waals surface area (Å²) in [4.78, 5) is 38.1. The Kier molecular flexibility index (Phi) is 4.55. The fourth-order valence-electron chi connectivity index (χ4n) is 3.56. The Hall–Kier alpha value is -2.37. The predicted octanol–water partition coefficient (Wildman–Crippen LogP) is 1.72. The number of carbonyl (C=O) groups excluding carboxylic acids is 2. The van der Waals surface area contributed by atoms with E-state index >= 15 is 0 Å². The van der Waals surface area contributed by atoms with Crippen LogP contribution in [0.15, 0.2) is 30.3 Å². The van der Waals surface area contributed by atoms with Crippen molar-refractivity contribution in [1.29, 1.82) is 0 Å². The zero-order valence-corrected chi connectivity index (χ0v) is 13.5. The van der Waals surface area contributed by atoms with Crippen LogP contribution in [0.3, 0.4) is 0 Å². The van der Waals surface area contributed by atoms with Gasteiger partial charge in [-0.2, -0.15) is 0 Å². The molecule has 1 saturated heterocycles. The maximum Gasteiger partial charge on any atom is 0.310 e. The Balaban J connectivity index is 1.83. The minimum Gasteiger partial charge on any atom is -0.481 e. The summed E-state index contributed by atoms with van der Waals surface area (Å²) in [6.07, 6.45) is 2.17. The highest BCUT2D eigenvalue weighted by molar-refractivity contribution is 5.87. The molecular weight excluding hydrogens is 308 g/mol. The van der Waals surface area contributed by atoms with E-state index in [1.165, 1.54) is 0 Å². The highest BCUT2D eigenvalue weighted by Gasteiger charge is 2.47. The van der Waals surface area contributed by atoms with Gasteiger partial charge in [-0.05, 0) is 18.4 Å². The monoisotopic (exact) mass is 330 g/mol. The van der Waals surface area contributed by atoms with Crippen LogP contribution in [0.25, 0.3) is 0 Å². The molecule has 2 aliphatic rings. The fraction of sp³-hybridized carbons (Fsp3) is 0.500. The van der Waals surface area contributed by atoms with E-state index in [4.69, 9.17) is 0 Å². The molecule has 1 heterocycles. The molecule has 0 bridgehead atoms. The Morgan fingerprint density at radius 2 is 1.96 bits per heavy atom. The maximum absolute atomic E-state index is 12.9. The molecule has 1 unspecified atom stereocenters. The van der Waals surface area contributed by atoms with Gasteiger partial charge in [0.1, 0.15) is 0 Å². The molecule has 0 radical (unpaired) electrons. The van der Waals surface area contributed by atoms with Gasteiger partial charge in [-0.25, -0.2) is 0 Å². The van der Waals surface area contributed by atoms with Crippen LogP contribution in [0.2, 0.25) is 0 Å². The molecule has 6 heteroatoms. The first kappa shape index (κ1) is 16.5. The molecular formula is C18H22N2O4. The van der Waals surface area contributed by atoms with Gasteiger partial charge in [0.15, 0.2) is 0 Å². The lowest BCUT2D eigenvalue weighted by Crippen LogP contribution is -2.45. The van der Waals surface area contributed by atoms with Crippen molar-refractivity contribution in [2.24, 2.45) is 5.41 Å². The summed E-state index contributed by atoms with van der Waals surface area (Å²) in [6, 6.07) is 9.11. The molecule has 6 nitrogen and oxygen atoms in total. The van der Waals surface area contributed by atoms with Gasteiger partial charge in [0.25, 0.3) is 0 Å². The molecule has 1 atom stereocenters. The van der Waals surface area contributed by atoms with Crippen LogP contribution >= 0.6 is 0 Å². The summed E-state index contributed by atoms with van der Waals surface area (Å²) >= 11 is 0. The van der Waals surface area contributed by atoms with Gasteiger partial charge in [-0.3, -0.25) is 14.4 Å². The molecule has 1 aromatic carbocycles. The van der Waals surface area contributed by atoms with E-state index in [0.29, 0.717) is 25.9 Å². The van der Waals surface area contributed by atoms with Crippen molar-refractivity contribution in [3.05, 3.63) is 35.9 Å². The van der Waals surface area contributed by atoms with Crippen molar-refractivity contribution in [2.75, 3.05) is 13.1 Å². The molecule has 128 valence electrons. The Morgan fingerprint density at radius 3 is 2.54 bits per heavy atom. The lowest BCUT2D eigenvalue weighted by molar-refractivity contribution is -0.160. The van der Waals surface area contributed by atoms with Crippen molar-refractivity contribution in [3.63, 3.8) is 0 Å². The number of hydrogen-bond acceptors (Lipinski definition) is 3. The molecule has 1 saturated carbocycles. The molecule has 1 aliphatic carbocycles. The second-order valence-electron chi connectivity index (χ2n) is 6.68. The number of carbonyl (C=O) groups is 3. The third-order valence-corrected chi connectivity index (χ3v) is 5.19. The smallest absolute Gasteiger partial charge is 0.310 e. The number of amides is 2. The van der Waals surface area contributed by atoms with Gasteiger partial charge in [0.2, 0.25) is 11.8 Å². The van der Waals surface area contributed by atoms with E-state index in [-0.39, 0.29) is 30.7 Å². The summed E-state index contributed by atoms with van der Waals surface area (Å²) in [5.74, 6) is -1.15. The first-order chi connectivity index (χ1) is 11.5. The van der Waals surface area contributed by atoms with Gasteiger partial charge in [0.05, 0.1) is 17.9 Å². The van der Waals surface area contributed by atoms with Crippen molar-refractivity contribution in [2.45, 2.75) is 38.1 Å². The summed E-state index contributed by atoms with van der Waals surface area (Å²) in [5, 5.41) is 12.3. The van der Waals surface area contributed by atoms with Gasteiger partial charge in [0, 0.05) is 19.5 Å². The minimum atomic E-state index is -0.915. The van der Waals surface area contributed by atoms with Gasteiger partial charge in [-0.15, -0.1) is 0 Å². The molecule has 24 heavy (non-hydrogen) atoms. The topological polar surface area (TPSA) is 86.7 Å². The lowest BCUT2D eigenvalue weighted by atomic mass is 9.66. The van der Waals surface area contributed by atoms with E-state index < -0.39 is 11.4 Å². The maximum atomic E-state index is 12.9. The molecule has 0 spiro atoms. The number of nitrogens with zero attached hydrogens (tertiary/aromatic N) is 1. The Morgan fingerprint density at radius 1 is 1.25 bits per heavy atom. The average molecular weight is 330 g/mol. The van der Waals surface area contributed by atoms with Crippen LogP contribution < -0.4 is 5.32 Å². The SMILES string of the molecule is O=C1CC(c2ccccc2)N(C(=O)CC2(C(=O)O)CCC2)CCN1. The highest BCUT2D eigenvalue weighted by atomic mass is 16.4. The Labute approximate surface area is 140 Å². The molecule has 2 fully saturated rings. The van der Waals surface area contributed by atoms with Gasteiger partial charge in [-0.1, -0.05) is 36.8 Å². The van der Waals surface area contributed by atoms with Crippen LogP contribution in [-0.2, 0) is 14.4 Å². The van der Waals surface area contributed by atoms with E-state index in [1.807, 2.05) is 30.3 Å². The van der Waals surface area contributed by atoms with Crippen molar-refractivity contribution in [1.82, 2.24) is 10.2 Å². The standard InChI is InChI=1S/C18H22N2O4/c21-15-11-14(13-5-2-1-3-6-13)20(10-9-19-15)16(22)12-18(17(23)24)7-4-8-18/h1-3,5-6,14H,4,7-12H2,(H,19,21)(H,23,24). The van der Waals surface area contributed by atoms with Crippen molar-refractivity contribution < 1.29 is 19.5 Å². The van der Waals surface area contributed by atoms with Crippen LogP contribution in [0.5, 0.6) is 0 Å². The normalized spacial score (nSPS) is 22.9. The molecule has 2 N–H and O–H groups in total. The molecule has 2 amide bonds. The number of rotatable bonds is 4. The van der Waals surface area contributed by atoms with Crippen LogP contribution in [0.1, 0.15) is 43.7 Å². The zero-order chi connectivity index (χ0) is 17.2. The van der Waals surface area contributed by atoms with Crippen molar-refractivity contribution >= 4 is 17.8 Å². The average Bonchev–Trinajstić information content (AvgIpc) is 2.73. The third-order valence-electron chi connectivity index (χ3n) is 5.19. The van der Waals surface area contributed by atoms with E-state index in [2.05, 4.69) is 5.32 Å². The molecule has 3 rings (SSSR count). The second kappa shape index (κ2) is 6.63. The first-order valence-corrected chi connectivity index (χ1v) is 8.36. The largest absolute Gasteiger partial charge is 0.481 e. The van der Waals surface area contributed by atoms with Gasteiger partial charge >= 0.3 is 5.97 Å². The fourth-order valence-corrected chi connectivity index (χ4v) is 3.56. The lowest BCUT2D eigenvalue weighted by Gasteiger charge is -2.39. The number of nitrogens with one attached hydrogen (secondary N) is 1. The number of carboxylic acid groups (broad SMARTS) is 1. The summed E-state index contributed by atoms with van der Waals surface area (Å²) < 4.78 is 0. The van der Waals surface area contributed by atoms with Crippen LogP contribution in [-0.4, -0.2) is 40.9 Å². The van der Waals surface area contributed by atoms with E-state index in [0.717, 1.165) is 12.0 Å². The number of benzene rings is 1. The zero-order valence-electron chi connectivity index (χ0n) is 13.5. The number of hydrogen-bond donors (Lipinski definition) is 2. The third kappa shape index (κ3) is 3.13. The van der Waals surface area contributed by atoms with E-state index in [9.17, 15) is 19.5 Å². The van der Waals surface area contributed by atoms with Crippen molar-refractivity contribution in [3.8, 4) is 0 Å². The van der Waals surface area contributed by atoms with Crippen LogP contribution in [0.4, 0.5) is 0 Å². The first-order valence-electron chi connectivity index (χ1n) is 8.36. The molecule has 0 aromatic heterocycles. The number of carboxylic acids is 1. The second-order valence-corrected chi connectivity index (χ2v) is 6.68. The van der Waals surface area contributed by atoms with Crippen LogP contribution in [0, 0.1) is 5.41 Å². The Bertz CT molecular complexity index is 640.